The normalized spacial score (nSPS) is 20.5. The lowest BCUT2D eigenvalue weighted by Crippen LogP contribution is -2.33. The van der Waals surface area contributed by atoms with Crippen LogP contribution in [0.3, 0.4) is 0 Å². The molecule has 9 heteroatoms. The Bertz CT molecular complexity index is 1440. The van der Waals surface area contributed by atoms with E-state index in [1.165, 1.54) is 12.4 Å². The number of nitrogens with zero attached hydrogens (tertiary/aromatic N) is 4. The van der Waals surface area contributed by atoms with Crippen molar-refractivity contribution in [2.75, 3.05) is 18.4 Å². The van der Waals surface area contributed by atoms with Crippen molar-refractivity contribution in [1.29, 1.82) is 0 Å². The maximum Gasteiger partial charge on any atom is 0.410 e. The highest BCUT2D eigenvalue weighted by atomic mass is 35.5. The number of rotatable bonds is 5. The SMILES string of the molecule is O=C(OCc1ccccc1)N1C[C@@H]2C[C@]2(c2ccc3ncnc(Nc4cccc(Cl)c4F)c3n2)C1. The molecule has 0 spiro atoms. The zero-order valence-corrected chi connectivity index (χ0v) is 19.4. The van der Waals surface area contributed by atoms with Crippen LogP contribution in [-0.2, 0) is 16.8 Å². The van der Waals surface area contributed by atoms with Gasteiger partial charge in [-0.25, -0.2) is 24.1 Å². The molecule has 6 rings (SSSR count). The Morgan fingerprint density at radius 3 is 2.86 bits per heavy atom. The number of amides is 1. The fourth-order valence-corrected chi connectivity index (χ4v) is 5.04. The molecule has 2 atom stereocenters. The van der Waals surface area contributed by atoms with Crippen LogP contribution in [0.4, 0.5) is 20.7 Å². The monoisotopic (exact) mass is 489 g/mol. The van der Waals surface area contributed by atoms with Crippen LogP contribution in [0.5, 0.6) is 0 Å². The van der Waals surface area contributed by atoms with E-state index in [4.69, 9.17) is 21.3 Å². The number of pyridine rings is 1. The predicted octanol–water partition coefficient (Wildman–Crippen LogP) is 5.47. The Labute approximate surface area is 205 Å². The lowest BCUT2D eigenvalue weighted by atomic mass is 10.0. The van der Waals surface area contributed by atoms with Crippen LogP contribution in [0.2, 0.25) is 5.02 Å². The summed E-state index contributed by atoms with van der Waals surface area (Å²) in [6, 6.07) is 18.2. The quantitative estimate of drug-likeness (QED) is 0.400. The number of anilines is 2. The first-order valence-corrected chi connectivity index (χ1v) is 11.7. The molecule has 2 aromatic heterocycles. The zero-order chi connectivity index (χ0) is 24.0. The van der Waals surface area contributed by atoms with Crippen molar-refractivity contribution >= 4 is 40.2 Å². The highest BCUT2D eigenvalue weighted by Crippen LogP contribution is 2.58. The Morgan fingerprint density at radius 2 is 2.00 bits per heavy atom. The number of fused-ring (bicyclic) bond motifs is 2. The van der Waals surface area contributed by atoms with Crippen LogP contribution in [0, 0.1) is 11.7 Å². The molecule has 3 heterocycles. The van der Waals surface area contributed by atoms with Gasteiger partial charge < -0.3 is 15.0 Å². The van der Waals surface area contributed by atoms with E-state index in [2.05, 4.69) is 15.3 Å². The molecular weight excluding hydrogens is 469 g/mol. The standard InChI is InChI=1S/C26H21ClFN5O2/c27-18-7-4-8-19(22(18)28)31-24-23-20(29-15-30-24)9-10-21(32-23)26-11-17(26)12-33(14-26)25(34)35-13-16-5-2-1-3-6-16/h1-10,15,17H,11-14H2,(H,29,30,31)/t17-,26-/m0/s1. The molecule has 0 unspecified atom stereocenters. The van der Waals surface area contributed by atoms with Gasteiger partial charge in [0.1, 0.15) is 18.5 Å². The highest BCUT2D eigenvalue weighted by molar-refractivity contribution is 6.31. The van der Waals surface area contributed by atoms with Crippen LogP contribution in [0.15, 0.2) is 67.0 Å². The van der Waals surface area contributed by atoms with Gasteiger partial charge in [-0.3, -0.25) is 0 Å². The first-order chi connectivity index (χ1) is 17.0. The van der Waals surface area contributed by atoms with Gasteiger partial charge in [-0.1, -0.05) is 48.0 Å². The fourth-order valence-electron chi connectivity index (χ4n) is 4.87. The molecule has 1 aliphatic heterocycles. The van der Waals surface area contributed by atoms with E-state index < -0.39 is 5.82 Å². The zero-order valence-electron chi connectivity index (χ0n) is 18.6. The number of carbonyl (C=O) groups excluding carboxylic acids is 1. The van der Waals surface area contributed by atoms with Crippen LogP contribution in [-0.4, -0.2) is 39.0 Å². The van der Waals surface area contributed by atoms with E-state index in [-0.39, 0.29) is 28.8 Å². The van der Waals surface area contributed by atoms with Gasteiger partial charge in [-0.15, -0.1) is 0 Å². The van der Waals surface area contributed by atoms with Crippen molar-refractivity contribution in [3.63, 3.8) is 0 Å². The van der Waals surface area contributed by atoms with Gasteiger partial charge in [0.25, 0.3) is 0 Å². The number of likely N-dealkylation sites (tertiary alicyclic amines) is 1. The van der Waals surface area contributed by atoms with Gasteiger partial charge in [0.2, 0.25) is 0 Å². The Hall–Kier alpha value is -3.78. The van der Waals surface area contributed by atoms with E-state index in [0.717, 1.165) is 17.7 Å². The van der Waals surface area contributed by atoms with Gasteiger partial charge in [-0.2, -0.15) is 0 Å². The van der Waals surface area contributed by atoms with Gasteiger partial charge >= 0.3 is 6.09 Å². The summed E-state index contributed by atoms with van der Waals surface area (Å²) >= 11 is 5.92. The van der Waals surface area contributed by atoms with Crippen LogP contribution < -0.4 is 5.32 Å². The molecule has 2 fully saturated rings. The number of halogens is 2. The van der Waals surface area contributed by atoms with Gasteiger partial charge in [0.05, 0.1) is 16.2 Å². The minimum absolute atomic E-state index is 0.0203. The summed E-state index contributed by atoms with van der Waals surface area (Å²) in [5, 5.41) is 3.02. The second kappa shape index (κ2) is 8.46. The first kappa shape index (κ1) is 21.7. The molecule has 35 heavy (non-hydrogen) atoms. The molecule has 2 aliphatic rings. The van der Waals surface area contributed by atoms with Crippen molar-refractivity contribution in [1.82, 2.24) is 19.9 Å². The number of benzene rings is 2. The van der Waals surface area contributed by atoms with Crippen molar-refractivity contribution in [3.8, 4) is 0 Å². The number of nitrogens with one attached hydrogen (secondary N) is 1. The number of ether oxygens (including phenoxy) is 1. The number of hydrogen-bond acceptors (Lipinski definition) is 6. The summed E-state index contributed by atoms with van der Waals surface area (Å²) in [5.74, 6) is 0.158. The Kier molecular flexibility index (Phi) is 5.25. The predicted molar refractivity (Wildman–Crippen MR) is 130 cm³/mol. The molecule has 1 saturated carbocycles. The minimum atomic E-state index is -0.557. The topological polar surface area (TPSA) is 80.2 Å². The number of hydrogen-bond donors (Lipinski definition) is 1. The molecule has 7 nitrogen and oxygen atoms in total. The van der Waals surface area contributed by atoms with E-state index in [9.17, 15) is 9.18 Å². The van der Waals surface area contributed by atoms with Gasteiger partial charge in [-0.05, 0) is 42.2 Å². The van der Waals surface area contributed by atoms with Gasteiger partial charge in [0.15, 0.2) is 11.6 Å². The summed E-state index contributed by atoms with van der Waals surface area (Å²) in [5.41, 5.74) is 2.99. The van der Waals surface area contributed by atoms with E-state index in [0.29, 0.717) is 35.9 Å². The molecule has 0 bridgehead atoms. The van der Waals surface area contributed by atoms with E-state index >= 15 is 0 Å². The summed E-state index contributed by atoms with van der Waals surface area (Å²) in [4.78, 5) is 27.9. The second-order valence-corrected chi connectivity index (χ2v) is 9.40. The third-order valence-corrected chi connectivity index (χ3v) is 7.10. The number of aromatic nitrogens is 3. The third-order valence-electron chi connectivity index (χ3n) is 6.81. The maximum absolute atomic E-state index is 14.5. The molecule has 1 saturated heterocycles. The fraction of sp³-hybridized carbons (Fsp3) is 0.231. The Balaban J connectivity index is 1.23. The van der Waals surface area contributed by atoms with Gasteiger partial charge in [0, 0.05) is 24.2 Å². The average molecular weight is 490 g/mol. The summed E-state index contributed by atoms with van der Waals surface area (Å²) in [6.45, 7) is 1.43. The molecule has 176 valence electrons. The van der Waals surface area contributed by atoms with E-state index in [1.807, 2.05) is 42.5 Å². The highest BCUT2D eigenvalue weighted by Gasteiger charge is 2.63. The van der Waals surface area contributed by atoms with Crippen molar-refractivity contribution < 1.29 is 13.9 Å². The molecule has 2 aromatic carbocycles. The summed E-state index contributed by atoms with van der Waals surface area (Å²) in [6.07, 6.45) is 2.04. The molecule has 1 aliphatic carbocycles. The molecule has 0 radical (unpaired) electrons. The van der Waals surface area contributed by atoms with Crippen LogP contribution in [0.1, 0.15) is 17.7 Å². The summed E-state index contributed by atoms with van der Waals surface area (Å²) in [7, 11) is 0. The molecule has 4 aromatic rings. The minimum Gasteiger partial charge on any atom is -0.445 e. The molecule has 1 amide bonds. The van der Waals surface area contributed by atoms with Crippen molar-refractivity contribution in [3.05, 3.63) is 89.1 Å². The lowest BCUT2D eigenvalue weighted by molar-refractivity contribution is 0.0996. The summed E-state index contributed by atoms with van der Waals surface area (Å²) < 4.78 is 20.0. The Morgan fingerprint density at radius 1 is 1.14 bits per heavy atom. The first-order valence-electron chi connectivity index (χ1n) is 11.3. The average Bonchev–Trinajstić information content (AvgIpc) is 3.46. The van der Waals surface area contributed by atoms with Crippen LogP contribution in [0.25, 0.3) is 11.0 Å². The van der Waals surface area contributed by atoms with Crippen molar-refractivity contribution in [2.24, 2.45) is 5.92 Å². The maximum atomic E-state index is 14.5. The molecular formula is C26H21ClFN5O2. The van der Waals surface area contributed by atoms with Crippen LogP contribution >= 0.6 is 11.6 Å². The van der Waals surface area contributed by atoms with E-state index in [1.54, 1.807) is 17.0 Å². The third kappa shape index (κ3) is 3.93. The second-order valence-electron chi connectivity index (χ2n) is 8.99. The molecule has 1 N–H and O–H groups in total. The number of piperidine rings is 1. The lowest BCUT2D eigenvalue weighted by Gasteiger charge is -2.21. The largest absolute Gasteiger partial charge is 0.445 e. The smallest absolute Gasteiger partial charge is 0.410 e. The number of carbonyl (C=O) groups is 1. The van der Waals surface area contributed by atoms with Crippen molar-refractivity contribution in [2.45, 2.75) is 18.4 Å².